The molecule has 0 bridgehead atoms. The first-order chi connectivity index (χ1) is 6.42. The third-order valence-corrected chi connectivity index (χ3v) is 2.51. The zero-order valence-corrected chi connectivity index (χ0v) is 8.97. The van der Waals surface area contributed by atoms with E-state index in [9.17, 15) is 8.42 Å². The summed E-state index contributed by atoms with van der Waals surface area (Å²) in [6, 6.07) is 5.31. The lowest BCUT2D eigenvalue weighted by molar-refractivity contribution is 0.410. The van der Waals surface area contributed by atoms with Crippen LogP contribution in [-0.4, -0.2) is 15.5 Å². The number of ether oxygens (including phenoxy) is 1. The number of rotatable bonds is 3. The molecule has 0 aromatic heterocycles. The number of methoxy groups -OCH3 is 1. The molecule has 0 aliphatic rings. The van der Waals surface area contributed by atoms with Gasteiger partial charge in [0.25, 0.3) is 0 Å². The normalized spacial score (nSPS) is 11.4. The summed E-state index contributed by atoms with van der Waals surface area (Å²) in [5.41, 5.74) is 1.60. The van der Waals surface area contributed by atoms with Crippen LogP contribution >= 0.6 is 0 Å². The van der Waals surface area contributed by atoms with Gasteiger partial charge in [-0.3, -0.25) is 0 Å². The van der Waals surface area contributed by atoms with Gasteiger partial charge in [-0.05, 0) is 18.6 Å². The number of hydrogen-bond donors (Lipinski definition) is 1. The fourth-order valence-electron chi connectivity index (χ4n) is 1.19. The maximum Gasteiger partial charge on any atom is 0.213 e. The molecule has 0 atom stereocenters. The van der Waals surface area contributed by atoms with Gasteiger partial charge >= 0.3 is 0 Å². The van der Waals surface area contributed by atoms with Gasteiger partial charge in [-0.25, -0.2) is 13.6 Å². The van der Waals surface area contributed by atoms with Crippen LogP contribution in [0.2, 0.25) is 0 Å². The Labute approximate surface area is 83.7 Å². The summed E-state index contributed by atoms with van der Waals surface area (Å²) in [5, 5.41) is 4.95. The Bertz CT molecular complexity index is 426. The Morgan fingerprint density at radius 3 is 2.57 bits per heavy atom. The van der Waals surface area contributed by atoms with Gasteiger partial charge in [0.1, 0.15) is 5.75 Å². The average molecular weight is 215 g/mol. The Morgan fingerprint density at radius 1 is 1.43 bits per heavy atom. The van der Waals surface area contributed by atoms with Gasteiger partial charge in [0, 0.05) is 5.56 Å². The predicted octanol–water partition coefficient (Wildman–Crippen LogP) is 0.792. The number of benzene rings is 1. The van der Waals surface area contributed by atoms with Crippen LogP contribution in [0.4, 0.5) is 0 Å². The quantitative estimate of drug-likeness (QED) is 0.810. The highest BCUT2D eigenvalue weighted by molar-refractivity contribution is 7.88. The zero-order chi connectivity index (χ0) is 10.8. The minimum absolute atomic E-state index is 0.198. The highest BCUT2D eigenvalue weighted by Crippen LogP contribution is 2.21. The Morgan fingerprint density at radius 2 is 2.07 bits per heavy atom. The molecule has 2 N–H and O–H groups in total. The van der Waals surface area contributed by atoms with E-state index in [-0.39, 0.29) is 5.75 Å². The molecule has 1 rings (SSSR count). The first-order valence-electron chi connectivity index (χ1n) is 4.06. The second-order valence-electron chi connectivity index (χ2n) is 3.12. The minimum Gasteiger partial charge on any atom is -0.496 e. The third kappa shape index (κ3) is 3.01. The highest BCUT2D eigenvalue weighted by atomic mass is 32.2. The van der Waals surface area contributed by atoms with Gasteiger partial charge in [0.2, 0.25) is 10.0 Å². The first kappa shape index (κ1) is 11.0. The molecule has 0 radical (unpaired) electrons. The van der Waals surface area contributed by atoms with Crippen LogP contribution in [0.15, 0.2) is 18.2 Å². The summed E-state index contributed by atoms with van der Waals surface area (Å²) in [6.07, 6.45) is 0. The standard InChI is InChI=1S/C9H13NO3S/c1-7-3-4-8(6-14(10,11)12)9(5-7)13-2/h3-5H,6H2,1-2H3,(H2,10,11,12). The molecule has 5 heteroatoms. The van der Waals surface area contributed by atoms with Crippen molar-refractivity contribution in [3.8, 4) is 5.75 Å². The van der Waals surface area contributed by atoms with E-state index in [0.29, 0.717) is 11.3 Å². The minimum atomic E-state index is -3.50. The number of nitrogens with two attached hydrogens (primary N) is 1. The molecule has 0 heterocycles. The number of primary sulfonamides is 1. The van der Waals surface area contributed by atoms with Crippen LogP contribution in [0.1, 0.15) is 11.1 Å². The fraction of sp³-hybridized carbons (Fsp3) is 0.333. The second kappa shape index (κ2) is 3.98. The molecule has 0 aliphatic heterocycles. The summed E-state index contributed by atoms with van der Waals surface area (Å²) in [6.45, 7) is 1.91. The SMILES string of the molecule is COc1cc(C)ccc1CS(N)(=O)=O. The van der Waals surface area contributed by atoms with Crippen molar-refractivity contribution in [2.24, 2.45) is 5.14 Å². The predicted molar refractivity (Wildman–Crippen MR) is 54.5 cm³/mol. The van der Waals surface area contributed by atoms with Gasteiger partial charge in [-0.2, -0.15) is 0 Å². The molecular formula is C9H13NO3S. The van der Waals surface area contributed by atoms with Gasteiger partial charge in [-0.15, -0.1) is 0 Å². The largest absolute Gasteiger partial charge is 0.496 e. The van der Waals surface area contributed by atoms with Crippen molar-refractivity contribution in [1.82, 2.24) is 0 Å². The van der Waals surface area contributed by atoms with Crippen LogP contribution in [0, 0.1) is 6.92 Å². The van der Waals surface area contributed by atoms with Crippen molar-refractivity contribution in [1.29, 1.82) is 0 Å². The van der Waals surface area contributed by atoms with Gasteiger partial charge < -0.3 is 4.74 Å². The van der Waals surface area contributed by atoms with Crippen molar-refractivity contribution in [2.75, 3.05) is 7.11 Å². The second-order valence-corrected chi connectivity index (χ2v) is 4.74. The van der Waals surface area contributed by atoms with Crippen LogP contribution in [0.25, 0.3) is 0 Å². The summed E-state index contributed by atoms with van der Waals surface area (Å²) >= 11 is 0. The summed E-state index contributed by atoms with van der Waals surface area (Å²) in [4.78, 5) is 0. The van der Waals surface area contributed by atoms with Crippen molar-refractivity contribution >= 4 is 10.0 Å². The third-order valence-electron chi connectivity index (χ3n) is 1.80. The molecule has 0 saturated carbocycles. The van der Waals surface area contributed by atoms with E-state index < -0.39 is 10.0 Å². The molecule has 0 spiro atoms. The van der Waals surface area contributed by atoms with E-state index in [1.807, 2.05) is 13.0 Å². The van der Waals surface area contributed by atoms with E-state index in [1.54, 1.807) is 12.1 Å². The first-order valence-corrected chi connectivity index (χ1v) is 5.78. The summed E-state index contributed by atoms with van der Waals surface area (Å²) in [7, 11) is -2.00. The molecule has 0 unspecified atom stereocenters. The van der Waals surface area contributed by atoms with Gasteiger partial charge in [0.05, 0.1) is 12.9 Å². The van der Waals surface area contributed by atoms with Crippen molar-refractivity contribution in [3.05, 3.63) is 29.3 Å². The summed E-state index contributed by atoms with van der Waals surface area (Å²) < 4.78 is 26.8. The lowest BCUT2D eigenvalue weighted by Gasteiger charge is -2.07. The van der Waals surface area contributed by atoms with Gasteiger partial charge in [-0.1, -0.05) is 12.1 Å². The van der Waals surface area contributed by atoms with Crippen LogP contribution in [0.3, 0.4) is 0 Å². The topological polar surface area (TPSA) is 69.4 Å². The van der Waals surface area contributed by atoms with Crippen LogP contribution < -0.4 is 9.88 Å². The number of sulfonamides is 1. The maximum atomic E-state index is 10.9. The monoisotopic (exact) mass is 215 g/mol. The van der Waals surface area contributed by atoms with Crippen LogP contribution in [0.5, 0.6) is 5.75 Å². The summed E-state index contributed by atoms with van der Waals surface area (Å²) in [5.74, 6) is 0.357. The molecule has 0 fully saturated rings. The smallest absolute Gasteiger partial charge is 0.213 e. The lowest BCUT2D eigenvalue weighted by atomic mass is 10.1. The van der Waals surface area contributed by atoms with Crippen molar-refractivity contribution in [3.63, 3.8) is 0 Å². The van der Waals surface area contributed by atoms with Crippen molar-refractivity contribution in [2.45, 2.75) is 12.7 Å². The molecule has 0 saturated heterocycles. The van der Waals surface area contributed by atoms with Crippen molar-refractivity contribution < 1.29 is 13.2 Å². The Kier molecular flexibility index (Phi) is 3.13. The van der Waals surface area contributed by atoms with Gasteiger partial charge in [0.15, 0.2) is 0 Å². The molecule has 4 nitrogen and oxygen atoms in total. The molecule has 78 valence electrons. The van der Waals surface area contributed by atoms with E-state index in [0.717, 1.165) is 5.56 Å². The molecule has 1 aromatic carbocycles. The Hall–Kier alpha value is -1.07. The molecular weight excluding hydrogens is 202 g/mol. The van der Waals surface area contributed by atoms with E-state index >= 15 is 0 Å². The highest BCUT2D eigenvalue weighted by Gasteiger charge is 2.09. The molecule has 14 heavy (non-hydrogen) atoms. The fourth-order valence-corrected chi connectivity index (χ4v) is 1.86. The number of aryl methyl sites for hydroxylation is 1. The molecule has 0 amide bonds. The number of hydrogen-bond acceptors (Lipinski definition) is 3. The van der Waals surface area contributed by atoms with E-state index in [2.05, 4.69) is 0 Å². The average Bonchev–Trinajstić information content (AvgIpc) is 2.06. The molecule has 0 aliphatic carbocycles. The van der Waals surface area contributed by atoms with E-state index in [1.165, 1.54) is 7.11 Å². The molecule has 1 aromatic rings. The Balaban J connectivity index is 3.09. The zero-order valence-electron chi connectivity index (χ0n) is 8.15. The lowest BCUT2D eigenvalue weighted by Crippen LogP contribution is -2.15. The maximum absolute atomic E-state index is 10.9. The van der Waals surface area contributed by atoms with E-state index in [4.69, 9.17) is 9.88 Å². The van der Waals surface area contributed by atoms with Crippen LogP contribution in [-0.2, 0) is 15.8 Å².